The van der Waals surface area contributed by atoms with Gasteiger partial charge in [0.25, 0.3) is 0 Å². The fourth-order valence-electron chi connectivity index (χ4n) is 2.78. The van der Waals surface area contributed by atoms with Crippen molar-refractivity contribution >= 4 is 23.2 Å². The lowest BCUT2D eigenvalue weighted by molar-refractivity contribution is 0.0948. The summed E-state index contributed by atoms with van der Waals surface area (Å²) in [5, 5.41) is 1.39. The summed E-state index contributed by atoms with van der Waals surface area (Å²) in [6.07, 6.45) is 2.20. The molecule has 0 amide bonds. The summed E-state index contributed by atoms with van der Waals surface area (Å²) in [6.45, 7) is 5.48. The fraction of sp³-hybridized carbons (Fsp3) is 0.571. The van der Waals surface area contributed by atoms with E-state index in [2.05, 4.69) is 18.7 Å². The number of rotatable bonds is 2. The van der Waals surface area contributed by atoms with Gasteiger partial charge in [-0.2, -0.15) is 0 Å². The molecule has 0 aliphatic carbocycles. The van der Waals surface area contributed by atoms with Crippen LogP contribution in [0.25, 0.3) is 0 Å². The SMILES string of the molecule is CC(C)N1CCCC(N)C1c1ccc(Cl)cc1Cl. The van der Waals surface area contributed by atoms with E-state index in [0.717, 1.165) is 30.0 Å². The minimum absolute atomic E-state index is 0.139. The van der Waals surface area contributed by atoms with Crippen molar-refractivity contribution in [3.63, 3.8) is 0 Å². The number of benzene rings is 1. The first-order valence-corrected chi connectivity index (χ1v) is 7.22. The molecule has 1 heterocycles. The molecule has 18 heavy (non-hydrogen) atoms. The largest absolute Gasteiger partial charge is 0.326 e. The fourth-order valence-corrected chi connectivity index (χ4v) is 3.30. The molecule has 2 atom stereocenters. The predicted molar refractivity (Wildman–Crippen MR) is 78.3 cm³/mol. The van der Waals surface area contributed by atoms with Crippen molar-refractivity contribution in [1.82, 2.24) is 4.90 Å². The van der Waals surface area contributed by atoms with Gasteiger partial charge in [0.2, 0.25) is 0 Å². The van der Waals surface area contributed by atoms with Gasteiger partial charge >= 0.3 is 0 Å². The quantitative estimate of drug-likeness (QED) is 0.894. The van der Waals surface area contributed by atoms with E-state index in [1.54, 1.807) is 6.07 Å². The normalized spacial score (nSPS) is 25.7. The Morgan fingerprint density at radius 1 is 1.33 bits per heavy atom. The standard InChI is InChI=1S/C14H20Cl2N2/c1-9(2)18-7-3-4-13(17)14(18)11-6-5-10(15)8-12(11)16/h5-6,8-9,13-14H,3-4,7,17H2,1-2H3. The van der Waals surface area contributed by atoms with Gasteiger partial charge in [0.05, 0.1) is 6.04 Å². The third kappa shape index (κ3) is 2.83. The van der Waals surface area contributed by atoms with Gasteiger partial charge in [0, 0.05) is 22.1 Å². The lowest BCUT2D eigenvalue weighted by atomic mass is 9.90. The van der Waals surface area contributed by atoms with Crippen LogP contribution in [-0.2, 0) is 0 Å². The first kappa shape index (κ1) is 14.1. The van der Waals surface area contributed by atoms with Crippen LogP contribution in [0.15, 0.2) is 18.2 Å². The van der Waals surface area contributed by atoms with Crippen LogP contribution < -0.4 is 5.73 Å². The van der Waals surface area contributed by atoms with Gasteiger partial charge in [-0.25, -0.2) is 0 Å². The topological polar surface area (TPSA) is 29.3 Å². The Kier molecular flexibility index (Phi) is 4.54. The second kappa shape index (κ2) is 5.79. The van der Waals surface area contributed by atoms with Gasteiger partial charge in [0.15, 0.2) is 0 Å². The number of piperidine rings is 1. The first-order chi connectivity index (χ1) is 8.50. The maximum Gasteiger partial charge on any atom is 0.0516 e. The molecular formula is C14H20Cl2N2. The summed E-state index contributed by atoms with van der Waals surface area (Å²) in [7, 11) is 0. The molecule has 0 bridgehead atoms. The molecule has 2 nitrogen and oxygen atoms in total. The molecule has 0 aromatic heterocycles. The highest BCUT2D eigenvalue weighted by Gasteiger charge is 2.32. The van der Waals surface area contributed by atoms with E-state index in [1.807, 2.05) is 12.1 Å². The van der Waals surface area contributed by atoms with E-state index >= 15 is 0 Å². The molecule has 0 spiro atoms. The average Bonchev–Trinajstić information content (AvgIpc) is 2.29. The lowest BCUT2D eigenvalue weighted by Crippen LogP contribution is -2.48. The van der Waals surface area contributed by atoms with E-state index in [4.69, 9.17) is 28.9 Å². The summed E-state index contributed by atoms with van der Waals surface area (Å²) in [6, 6.07) is 6.51. The minimum atomic E-state index is 0.139. The molecule has 4 heteroatoms. The Bertz CT molecular complexity index is 420. The van der Waals surface area contributed by atoms with Gasteiger partial charge in [-0.1, -0.05) is 29.3 Å². The molecule has 2 unspecified atom stereocenters. The van der Waals surface area contributed by atoms with Crippen LogP contribution in [-0.4, -0.2) is 23.5 Å². The summed E-state index contributed by atoms with van der Waals surface area (Å²) >= 11 is 12.3. The molecule has 1 aromatic carbocycles. The van der Waals surface area contributed by atoms with Gasteiger partial charge in [-0.3, -0.25) is 4.90 Å². The van der Waals surface area contributed by atoms with Crippen LogP contribution in [0.5, 0.6) is 0 Å². The van der Waals surface area contributed by atoms with Crippen molar-refractivity contribution in [2.45, 2.75) is 44.8 Å². The van der Waals surface area contributed by atoms with Crippen LogP contribution >= 0.6 is 23.2 Å². The molecular weight excluding hydrogens is 267 g/mol. The van der Waals surface area contributed by atoms with Gasteiger partial charge in [-0.05, 0) is 50.9 Å². The summed E-state index contributed by atoms with van der Waals surface area (Å²) in [5.41, 5.74) is 7.41. The molecule has 2 rings (SSSR count). The molecule has 1 aliphatic heterocycles. The summed E-state index contributed by atoms with van der Waals surface area (Å²) in [4.78, 5) is 2.43. The molecule has 1 saturated heterocycles. The Morgan fingerprint density at radius 3 is 2.67 bits per heavy atom. The van der Waals surface area contributed by atoms with Crippen molar-refractivity contribution in [1.29, 1.82) is 0 Å². The number of halogens is 2. The first-order valence-electron chi connectivity index (χ1n) is 6.47. The Morgan fingerprint density at radius 2 is 2.06 bits per heavy atom. The Labute approximate surface area is 119 Å². The molecule has 0 radical (unpaired) electrons. The van der Waals surface area contributed by atoms with E-state index in [9.17, 15) is 0 Å². The van der Waals surface area contributed by atoms with Crippen molar-refractivity contribution in [3.05, 3.63) is 33.8 Å². The second-order valence-corrected chi connectivity index (χ2v) is 6.09. The number of nitrogens with zero attached hydrogens (tertiary/aromatic N) is 1. The molecule has 1 fully saturated rings. The summed E-state index contributed by atoms with van der Waals surface area (Å²) in [5.74, 6) is 0. The average molecular weight is 287 g/mol. The zero-order valence-electron chi connectivity index (χ0n) is 10.9. The molecule has 100 valence electrons. The van der Waals surface area contributed by atoms with Gasteiger partial charge in [0.1, 0.15) is 0 Å². The monoisotopic (exact) mass is 286 g/mol. The van der Waals surface area contributed by atoms with Crippen molar-refractivity contribution in [2.75, 3.05) is 6.54 Å². The number of nitrogens with two attached hydrogens (primary N) is 1. The van der Waals surface area contributed by atoms with E-state index in [0.29, 0.717) is 11.1 Å². The second-order valence-electron chi connectivity index (χ2n) is 5.25. The maximum absolute atomic E-state index is 6.33. The molecule has 0 saturated carbocycles. The summed E-state index contributed by atoms with van der Waals surface area (Å²) < 4.78 is 0. The van der Waals surface area contributed by atoms with Crippen LogP contribution in [0, 0.1) is 0 Å². The van der Waals surface area contributed by atoms with E-state index in [-0.39, 0.29) is 12.1 Å². The van der Waals surface area contributed by atoms with E-state index in [1.165, 1.54) is 0 Å². The number of hydrogen-bond acceptors (Lipinski definition) is 2. The Hall–Kier alpha value is -0.280. The minimum Gasteiger partial charge on any atom is -0.326 e. The molecule has 1 aromatic rings. The zero-order valence-corrected chi connectivity index (χ0v) is 12.4. The predicted octanol–water partition coefficient (Wildman–Crippen LogP) is 3.87. The van der Waals surface area contributed by atoms with Crippen molar-refractivity contribution < 1.29 is 0 Å². The number of hydrogen-bond donors (Lipinski definition) is 1. The van der Waals surface area contributed by atoms with Gasteiger partial charge in [-0.15, -0.1) is 0 Å². The highest BCUT2D eigenvalue weighted by molar-refractivity contribution is 6.35. The zero-order chi connectivity index (χ0) is 13.3. The maximum atomic E-state index is 6.33. The van der Waals surface area contributed by atoms with Crippen molar-refractivity contribution in [2.24, 2.45) is 5.73 Å². The van der Waals surface area contributed by atoms with Crippen LogP contribution in [0.4, 0.5) is 0 Å². The van der Waals surface area contributed by atoms with Crippen LogP contribution in [0.1, 0.15) is 38.3 Å². The molecule has 2 N–H and O–H groups in total. The molecule has 1 aliphatic rings. The highest BCUT2D eigenvalue weighted by Crippen LogP contribution is 2.36. The third-order valence-corrected chi connectivity index (χ3v) is 4.22. The highest BCUT2D eigenvalue weighted by atomic mass is 35.5. The van der Waals surface area contributed by atoms with Crippen LogP contribution in [0.3, 0.4) is 0 Å². The van der Waals surface area contributed by atoms with Crippen LogP contribution in [0.2, 0.25) is 10.0 Å². The van der Waals surface area contributed by atoms with Crippen molar-refractivity contribution in [3.8, 4) is 0 Å². The lowest BCUT2D eigenvalue weighted by Gasteiger charge is -2.42. The van der Waals surface area contributed by atoms with Gasteiger partial charge < -0.3 is 5.73 Å². The number of likely N-dealkylation sites (tertiary alicyclic amines) is 1. The Balaban J connectivity index is 2.37. The third-order valence-electron chi connectivity index (χ3n) is 3.66. The van der Waals surface area contributed by atoms with E-state index < -0.39 is 0 Å². The smallest absolute Gasteiger partial charge is 0.0516 e.